The maximum atomic E-state index is 12.5. The van der Waals surface area contributed by atoms with E-state index in [0.717, 1.165) is 10.6 Å². The van der Waals surface area contributed by atoms with Crippen LogP contribution in [0, 0.1) is 5.92 Å². The van der Waals surface area contributed by atoms with Crippen LogP contribution in [0.15, 0.2) is 53.9 Å². The van der Waals surface area contributed by atoms with Crippen LogP contribution in [0.1, 0.15) is 24.3 Å². The number of hydrogen-bond donors (Lipinski definition) is 2. The molecule has 3 rings (SSSR count). The number of benzene rings is 2. The fourth-order valence-electron chi connectivity index (χ4n) is 2.29. The lowest BCUT2D eigenvalue weighted by Crippen LogP contribution is -2.18. The maximum absolute atomic E-state index is 12.5. The Morgan fingerprint density at radius 1 is 1.04 bits per heavy atom. The van der Waals surface area contributed by atoms with E-state index < -0.39 is 0 Å². The number of amides is 2. The van der Waals surface area contributed by atoms with Crippen molar-refractivity contribution in [2.24, 2.45) is 5.92 Å². The third-order valence-electron chi connectivity index (χ3n) is 3.72. The minimum atomic E-state index is -0.313. The Morgan fingerprint density at radius 2 is 1.74 bits per heavy atom. The predicted octanol–water partition coefficient (Wildman–Crippen LogP) is 5.31. The SMILES string of the molecule is CC(C)C(=O)Nc1cccc(NC(=O)c2csc(-c3cccc(Cl)c3)n2)c1. The number of aromatic nitrogens is 1. The largest absolute Gasteiger partial charge is 0.326 e. The maximum Gasteiger partial charge on any atom is 0.275 e. The van der Waals surface area contributed by atoms with Gasteiger partial charge in [-0.2, -0.15) is 0 Å². The zero-order valence-corrected chi connectivity index (χ0v) is 16.4. The van der Waals surface area contributed by atoms with Crippen LogP contribution in [0.25, 0.3) is 10.6 Å². The van der Waals surface area contributed by atoms with E-state index in [0.29, 0.717) is 22.1 Å². The van der Waals surface area contributed by atoms with Gasteiger partial charge in [-0.3, -0.25) is 9.59 Å². The molecule has 3 aromatic rings. The molecule has 2 amide bonds. The van der Waals surface area contributed by atoms with Crippen molar-refractivity contribution in [2.75, 3.05) is 10.6 Å². The molecule has 0 saturated heterocycles. The van der Waals surface area contributed by atoms with E-state index >= 15 is 0 Å². The molecule has 1 aromatic heterocycles. The average molecular weight is 400 g/mol. The van der Waals surface area contributed by atoms with Crippen LogP contribution in [0.3, 0.4) is 0 Å². The second-order valence-corrected chi connectivity index (χ2v) is 7.52. The standard InChI is InChI=1S/C20H18ClN3O2S/c1-12(2)18(25)22-15-7-4-8-16(10-15)23-19(26)17-11-27-20(24-17)13-5-3-6-14(21)9-13/h3-12H,1-2H3,(H,22,25)(H,23,26). The lowest BCUT2D eigenvalue weighted by molar-refractivity contribution is -0.118. The van der Waals surface area contributed by atoms with Gasteiger partial charge in [0.25, 0.3) is 5.91 Å². The summed E-state index contributed by atoms with van der Waals surface area (Å²) in [5.41, 5.74) is 2.40. The quantitative estimate of drug-likeness (QED) is 0.610. The van der Waals surface area contributed by atoms with Gasteiger partial charge in [0.15, 0.2) is 0 Å². The molecule has 0 aliphatic carbocycles. The molecule has 0 bridgehead atoms. The van der Waals surface area contributed by atoms with Gasteiger partial charge in [-0.05, 0) is 30.3 Å². The minimum Gasteiger partial charge on any atom is -0.326 e. The van der Waals surface area contributed by atoms with Crippen LogP contribution in [-0.2, 0) is 4.79 Å². The number of rotatable bonds is 5. The topological polar surface area (TPSA) is 71.1 Å². The Bertz CT molecular complexity index is 985. The highest BCUT2D eigenvalue weighted by Gasteiger charge is 2.13. The summed E-state index contributed by atoms with van der Waals surface area (Å²) >= 11 is 7.39. The summed E-state index contributed by atoms with van der Waals surface area (Å²) in [6.07, 6.45) is 0. The van der Waals surface area contributed by atoms with E-state index in [9.17, 15) is 9.59 Å². The summed E-state index contributed by atoms with van der Waals surface area (Å²) in [5, 5.41) is 8.66. The van der Waals surface area contributed by atoms with E-state index in [2.05, 4.69) is 15.6 Å². The van der Waals surface area contributed by atoms with Crippen molar-refractivity contribution >= 4 is 46.1 Å². The summed E-state index contributed by atoms with van der Waals surface area (Å²) in [7, 11) is 0. The molecule has 1 heterocycles. The molecule has 2 N–H and O–H groups in total. The van der Waals surface area contributed by atoms with Crippen molar-refractivity contribution in [1.82, 2.24) is 4.98 Å². The van der Waals surface area contributed by atoms with Crippen molar-refractivity contribution in [3.05, 3.63) is 64.6 Å². The molecule has 2 aromatic carbocycles. The average Bonchev–Trinajstić information content (AvgIpc) is 3.12. The van der Waals surface area contributed by atoms with Crippen molar-refractivity contribution in [2.45, 2.75) is 13.8 Å². The number of halogens is 1. The lowest BCUT2D eigenvalue weighted by Gasteiger charge is -2.09. The fraction of sp³-hybridized carbons (Fsp3) is 0.150. The number of nitrogens with one attached hydrogen (secondary N) is 2. The first-order valence-electron chi connectivity index (χ1n) is 8.36. The summed E-state index contributed by atoms with van der Waals surface area (Å²) in [5.74, 6) is -0.515. The van der Waals surface area contributed by atoms with Crippen molar-refractivity contribution < 1.29 is 9.59 Å². The van der Waals surface area contributed by atoms with Gasteiger partial charge in [0.2, 0.25) is 5.91 Å². The van der Waals surface area contributed by atoms with Crippen LogP contribution in [0.4, 0.5) is 11.4 Å². The lowest BCUT2D eigenvalue weighted by atomic mass is 10.2. The molecule has 0 unspecified atom stereocenters. The second-order valence-electron chi connectivity index (χ2n) is 6.23. The first-order chi connectivity index (χ1) is 12.9. The van der Waals surface area contributed by atoms with Gasteiger partial charge in [0.1, 0.15) is 10.7 Å². The number of thiazole rings is 1. The molecular weight excluding hydrogens is 382 g/mol. The monoisotopic (exact) mass is 399 g/mol. The van der Waals surface area contributed by atoms with E-state index in [1.54, 1.807) is 35.7 Å². The van der Waals surface area contributed by atoms with Crippen LogP contribution in [0.2, 0.25) is 5.02 Å². The number of hydrogen-bond acceptors (Lipinski definition) is 4. The fourth-order valence-corrected chi connectivity index (χ4v) is 3.28. The van der Waals surface area contributed by atoms with Gasteiger partial charge >= 0.3 is 0 Å². The number of anilines is 2. The molecule has 0 fully saturated rings. The first kappa shape index (κ1) is 19.1. The van der Waals surface area contributed by atoms with E-state index in [-0.39, 0.29) is 17.7 Å². The van der Waals surface area contributed by atoms with Crippen LogP contribution in [-0.4, -0.2) is 16.8 Å². The molecule has 138 valence electrons. The van der Waals surface area contributed by atoms with Crippen LogP contribution in [0.5, 0.6) is 0 Å². The normalized spacial score (nSPS) is 10.7. The van der Waals surface area contributed by atoms with Gasteiger partial charge in [0.05, 0.1) is 0 Å². The van der Waals surface area contributed by atoms with E-state index in [1.807, 2.05) is 32.0 Å². The van der Waals surface area contributed by atoms with Gasteiger partial charge in [-0.15, -0.1) is 11.3 Å². The summed E-state index contributed by atoms with van der Waals surface area (Å²) in [6.45, 7) is 3.64. The Hall–Kier alpha value is -2.70. The first-order valence-corrected chi connectivity index (χ1v) is 9.62. The van der Waals surface area contributed by atoms with Gasteiger partial charge in [0, 0.05) is 33.3 Å². The Labute approximate surface area is 166 Å². The summed E-state index contributed by atoms with van der Waals surface area (Å²) in [6, 6.07) is 14.3. The molecule has 0 radical (unpaired) electrons. The van der Waals surface area contributed by atoms with Crippen molar-refractivity contribution in [3.8, 4) is 10.6 Å². The number of carbonyl (C=O) groups is 2. The zero-order valence-electron chi connectivity index (χ0n) is 14.8. The molecule has 27 heavy (non-hydrogen) atoms. The third kappa shape index (κ3) is 4.93. The highest BCUT2D eigenvalue weighted by molar-refractivity contribution is 7.13. The van der Waals surface area contributed by atoms with Gasteiger partial charge in [-0.25, -0.2) is 4.98 Å². The number of carbonyl (C=O) groups excluding carboxylic acids is 2. The van der Waals surface area contributed by atoms with Crippen LogP contribution >= 0.6 is 22.9 Å². The smallest absolute Gasteiger partial charge is 0.275 e. The van der Waals surface area contributed by atoms with Gasteiger partial charge in [-0.1, -0.05) is 43.6 Å². The van der Waals surface area contributed by atoms with E-state index in [4.69, 9.17) is 11.6 Å². The highest BCUT2D eigenvalue weighted by Crippen LogP contribution is 2.26. The van der Waals surface area contributed by atoms with Crippen molar-refractivity contribution in [1.29, 1.82) is 0 Å². The third-order valence-corrected chi connectivity index (χ3v) is 4.85. The Kier molecular flexibility index (Phi) is 5.88. The van der Waals surface area contributed by atoms with Gasteiger partial charge < -0.3 is 10.6 Å². The predicted molar refractivity (Wildman–Crippen MR) is 110 cm³/mol. The van der Waals surface area contributed by atoms with Crippen LogP contribution < -0.4 is 10.6 Å². The molecule has 0 atom stereocenters. The summed E-state index contributed by atoms with van der Waals surface area (Å²) < 4.78 is 0. The molecule has 7 heteroatoms. The molecule has 0 aliphatic heterocycles. The summed E-state index contributed by atoms with van der Waals surface area (Å²) in [4.78, 5) is 28.7. The highest BCUT2D eigenvalue weighted by atomic mass is 35.5. The zero-order chi connectivity index (χ0) is 19.4. The van der Waals surface area contributed by atoms with Crippen molar-refractivity contribution in [3.63, 3.8) is 0 Å². The minimum absolute atomic E-state index is 0.0795. The Morgan fingerprint density at radius 3 is 2.44 bits per heavy atom. The molecular formula is C20H18ClN3O2S. The Balaban J connectivity index is 1.72. The number of nitrogens with zero attached hydrogens (tertiary/aromatic N) is 1. The second kappa shape index (κ2) is 8.33. The molecule has 0 saturated carbocycles. The molecule has 0 spiro atoms. The molecule has 0 aliphatic rings. The van der Waals surface area contributed by atoms with E-state index in [1.165, 1.54) is 11.3 Å². The molecule has 5 nitrogen and oxygen atoms in total.